The maximum Gasteiger partial charge on any atom is 0.435 e. The lowest BCUT2D eigenvalue weighted by Crippen LogP contribution is -2.30. The quantitative estimate of drug-likeness (QED) is 0.566. The van der Waals surface area contributed by atoms with Gasteiger partial charge in [0.05, 0.1) is 24.2 Å². The Balaban J connectivity index is 2.39. The summed E-state index contributed by atoms with van der Waals surface area (Å²) in [5, 5.41) is 0. The summed E-state index contributed by atoms with van der Waals surface area (Å²) in [6.45, 7) is 2.00. The number of anilines is 1. The van der Waals surface area contributed by atoms with E-state index in [-0.39, 0.29) is 17.9 Å². The first-order valence-corrected chi connectivity index (χ1v) is 7.83. The molecule has 0 aliphatic carbocycles. The number of halogens is 4. The van der Waals surface area contributed by atoms with Crippen LogP contribution in [0.3, 0.4) is 0 Å². The Morgan fingerprint density at radius 1 is 1.27 bits per heavy atom. The number of pyridine rings is 2. The van der Waals surface area contributed by atoms with E-state index in [1.165, 1.54) is 19.3 Å². The molecule has 0 aromatic carbocycles. The minimum Gasteiger partial charge on any atom is -0.449 e. The number of nitrogens with zero attached hydrogens (tertiary/aromatic N) is 3. The van der Waals surface area contributed by atoms with Crippen LogP contribution in [0.5, 0.6) is 0 Å². The van der Waals surface area contributed by atoms with E-state index in [0.717, 1.165) is 29.7 Å². The van der Waals surface area contributed by atoms with Crippen molar-refractivity contribution in [3.63, 3.8) is 0 Å². The standard InChI is InChI=1S/C17H17F4N3O2/c1-3-4-7-26-16(25)24(2)14-6-5-13(23-15(14)17(19,20)21)11-8-12(18)10-22-9-11/h5-6,8-10H,3-4,7H2,1-2H3. The summed E-state index contributed by atoms with van der Waals surface area (Å²) in [4.78, 5) is 19.9. The van der Waals surface area contributed by atoms with Gasteiger partial charge < -0.3 is 4.74 Å². The molecule has 0 atom stereocenters. The second-order valence-electron chi connectivity index (χ2n) is 5.48. The molecule has 2 rings (SSSR count). The van der Waals surface area contributed by atoms with Crippen LogP contribution in [0.15, 0.2) is 30.6 Å². The molecule has 5 nitrogen and oxygen atoms in total. The van der Waals surface area contributed by atoms with Gasteiger partial charge in [-0.25, -0.2) is 14.2 Å². The van der Waals surface area contributed by atoms with E-state index in [1.807, 2.05) is 6.92 Å². The van der Waals surface area contributed by atoms with Crippen molar-refractivity contribution >= 4 is 11.8 Å². The lowest BCUT2D eigenvalue weighted by atomic mass is 10.1. The molecular formula is C17H17F4N3O2. The van der Waals surface area contributed by atoms with Gasteiger partial charge in [0, 0.05) is 18.8 Å². The Morgan fingerprint density at radius 2 is 2.00 bits per heavy atom. The molecule has 1 amide bonds. The minimum absolute atomic E-state index is 0.0928. The number of hydrogen-bond acceptors (Lipinski definition) is 4. The number of amides is 1. The molecule has 0 unspecified atom stereocenters. The SMILES string of the molecule is CCCCOC(=O)N(C)c1ccc(-c2cncc(F)c2)nc1C(F)(F)F. The van der Waals surface area contributed by atoms with Crippen molar-refractivity contribution in [1.82, 2.24) is 9.97 Å². The lowest BCUT2D eigenvalue weighted by Gasteiger charge is -2.21. The predicted octanol–water partition coefficient (Wildman–Crippen LogP) is 4.67. The Hall–Kier alpha value is -2.71. The number of unbranched alkanes of at least 4 members (excludes halogenated alkanes) is 1. The zero-order valence-corrected chi connectivity index (χ0v) is 14.2. The van der Waals surface area contributed by atoms with E-state index in [1.54, 1.807) is 0 Å². The van der Waals surface area contributed by atoms with E-state index < -0.39 is 29.5 Å². The van der Waals surface area contributed by atoms with Crippen molar-refractivity contribution in [1.29, 1.82) is 0 Å². The van der Waals surface area contributed by atoms with Gasteiger partial charge >= 0.3 is 12.3 Å². The molecule has 0 aliphatic rings. The minimum atomic E-state index is -4.82. The molecule has 26 heavy (non-hydrogen) atoms. The van der Waals surface area contributed by atoms with Crippen molar-refractivity contribution in [2.75, 3.05) is 18.6 Å². The van der Waals surface area contributed by atoms with E-state index >= 15 is 0 Å². The molecule has 140 valence electrons. The number of carbonyl (C=O) groups excluding carboxylic acids is 1. The highest BCUT2D eigenvalue weighted by Gasteiger charge is 2.38. The summed E-state index contributed by atoms with van der Waals surface area (Å²) in [6, 6.07) is 3.38. The van der Waals surface area contributed by atoms with Gasteiger partial charge in [-0.1, -0.05) is 13.3 Å². The Morgan fingerprint density at radius 3 is 2.62 bits per heavy atom. The third kappa shape index (κ3) is 4.68. The molecule has 0 spiro atoms. The molecule has 0 N–H and O–H groups in total. The number of carbonyl (C=O) groups is 1. The van der Waals surface area contributed by atoms with E-state index in [9.17, 15) is 22.4 Å². The topological polar surface area (TPSA) is 55.3 Å². The van der Waals surface area contributed by atoms with Crippen LogP contribution in [-0.2, 0) is 10.9 Å². The second-order valence-corrected chi connectivity index (χ2v) is 5.48. The van der Waals surface area contributed by atoms with Crippen LogP contribution in [0, 0.1) is 5.82 Å². The second kappa shape index (κ2) is 8.11. The maximum absolute atomic E-state index is 13.4. The third-order valence-corrected chi connectivity index (χ3v) is 3.50. The number of rotatable bonds is 5. The molecule has 0 aliphatic heterocycles. The molecule has 0 saturated carbocycles. The molecule has 0 saturated heterocycles. The van der Waals surface area contributed by atoms with Gasteiger partial charge in [0.15, 0.2) is 5.69 Å². The summed E-state index contributed by atoms with van der Waals surface area (Å²) in [5.74, 6) is -0.696. The number of ether oxygens (including phenoxy) is 1. The highest BCUT2D eigenvalue weighted by Crippen LogP contribution is 2.36. The van der Waals surface area contributed by atoms with Gasteiger partial charge in [-0.05, 0) is 24.6 Å². The summed E-state index contributed by atoms with van der Waals surface area (Å²) in [5.41, 5.74) is -1.74. The fourth-order valence-electron chi connectivity index (χ4n) is 2.14. The van der Waals surface area contributed by atoms with Gasteiger partial charge in [0.25, 0.3) is 0 Å². The molecule has 0 bridgehead atoms. The maximum atomic E-state index is 13.4. The van der Waals surface area contributed by atoms with Crippen molar-refractivity contribution in [3.05, 3.63) is 42.1 Å². The van der Waals surface area contributed by atoms with Crippen LogP contribution in [0.25, 0.3) is 11.3 Å². The van der Waals surface area contributed by atoms with Crippen LogP contribution < -0.4 is 4.90 Å². The van der Waals surface area contributed by atoms with Crippen LogP contribution >= 0.6 is 0 Å². The first kappa shape index (κ1) is 19.6. The first-order chi connectivity index (χ1) is 12.2. The van der Waals surface area contributed by atoms with Crippen LogP contribution in [0.1, 0.15) is 25.5 Å². The first-order valence-electron chi connectivity index (χ1n) is 7.83. The van der Waals surface area contributed by atoms with Crippen LogP contribution in [-0.4, -0.2) is 29.7 Å². The molecule has 0 fully saturated rings. The zero-order chi connectivity index (χ0) is 19.3. The fourth-order valence-corrected chi connectivity index (χ4v) is 2.14. The fraction of sp³-hybridized carbons (Fsp3) is 0.353. The van der Waals surface area contributed by atoms with Crippen LogP contribution in [0.4, 0.5) is 28.0 Å². The lowest BCUT2D eigenvalue weighted by molar-refractivity contribution is -0.140. The highest BCUT2D eigenvalue weighted by atomic mass is 19.4. The van der Waals surface area contributed by atoms with Crippen molar-refractivity contribution in [2.24, 2.45) is 0 Å². The average molecular weight is 371 g/mol. The predicted molar refractivity (Wildman–Crippen MR) is 87.1 cm³/mol. The highest BCUT2D eigenvalue weighted by molar-refractivity contribution is 5.88. The number of alkyl halides is 3. The molecule has 2 heterocycles. The van der Waals surface area contributed by atoms with Gasteiger partial charge in [-0.2, -0.15) is 13.2 Å². The van der Waals surface area contributed by atoms with Gasteiger partial charge in [-0.3, -0.25) is 9.88 Å². The van der Waals surface area contributed by atoms with Gasteiger partial charge in [0.2, 0.25) is 0 Å². The molecule has 2 aromatic heterocycles. The van der Waals surface area contributed by atoms with E-state index in [0.29, 0.717) is 6.42 Å². The summed E-state index contributed by atoms with van der Waals surface area (Å²) in [6.07, 6.45) is -2.20. The number of aromatic nitrogens is 2. The smallest absolute Gasteiger partial charge is 0.435 e. The summed E-state index contributed by atoms with van der Waals surface area (Å²) >= 11 is 0. The Bertz CT molecular complexity index is 781. The summed E-state index contributed by atoms with van der Waals surface area (Å²) < 4.78 is 58.5. The third-order valence-electron chi connectivity index (χ3n) is 3.50. The van der Waals surface area contributed by atoms with E-state index in [4.69, 9.17) is 4.74 Å². The number of hydrogen-bond donors (Lipinski definition) is 0. The largest absolute Gasteiger partial charge is 0.449 e. The molecule has 2 aromatic rings. The summed E-state index contributed by atoms with van der Waals surface area (Å²) in [7, 11) is 1.17. The van der Waals surface area contributed by atoms with E-state index in [2.05, 4.69) is 9.97 Å². The molecule has 0 radical (unpaired) electrons. The van der Waals surface area contributed by atoms with Crippen molar-refractivity contribution < 1.29 is 27.1 Å². The zero-order valence-electron chi connectivity index (χ0n) is 14.2. The van der Waals surface area contributed by atoms with Crippen molar-refractivity contribution in [2.45, 2.75) is 25.9 Å². The molecular weight excluding hydrogens is 354 g/mol. The normalized spacial score (nSPS) is 11.3. The molecule has 9 heteroatoms. The monoisotopic (exact) mass is 371 g/mol. The van der Waals surface area contributed by atoms with Crippen molar-refractivity contribution in [3.8, 4) is 11.3 Å². The van der Waals surface area contributed by atoms with Gasteiger partial charge in [-0.15, -0.1) is 0 Å². The van der Waals surface area contributed by atoms with Crippen LogP contribution in [0.2, 0.25) is 0 Å². The Kier molecular flexibility index (Phi) is 6.12. The Labute approximate surface area is 147 Å². The average Bonchev–Trinajstić information content (AvgIpc) is 2.60. The van der Waals surface area contributed by atoms with Gasteiger partial charge in [0.1, 0.15) is 5.82 Å².